The van der Waals surface area contributed by atoms with Crippen molar-refractivity contribution in [2.45, 2.75) is 6.92 Å². The van der Waals surface area contributed by atoms with E-state index >= 15 is 0 Å². The molecule has 0 aliphatic heterocycles. The molecular weight excluding hydrogens is 146 g/mol. The summed E-state index contributed by atoms with van der Waals surface area (Å²) >= 11 is 1.70. The highest BCUT2D eigenvalue weighted by molar-refractivity contribution is 7.13. The van der Waals surface area contributed by atoms with E-state index in [9.17, 15) is 0 Å². The van der Waals surface area contributed by atoms with Crippen LogP contribution in [0, 0.1) is 6.92 Å². The first-order chi connectivity index (χ1) is 4.83. The lowest BCUT2D eigenvalue weighted by molar-refractivity contribution is 0.215. The molecule has 3 heteroatoms. The lowest BCUT2D eigenvalue weighted by Crippen LogP contribution is -1.72. The van der Waals surface area contributed by atoms with Crippen molar-refractivity contribution >= 4 is 17.6 Å². The molecule has 2 nitrogen and oxygen atoms in total. The van der Waals surface area contributed by atoms with Crippen molar-refractivity contribution in [3.05, 3.63) is 21.9 Å². The van der Waals surface area contributed by atoms with E-state index in [1.165, 1.54) is 12.0 Å². The first kappa shape index (κ1) is 7.28. The van der Waals surface area contributed by atoms with Crippen molar-refractivity contribution in [3.8, 4) is 0 Å². The highest BCUT2D eigenvalue weighted by atomic mass is 32.1. The van der Waals surface area contributed by atoms with E-state index in [0.29, 0.717) is 0 Å². The second-order valence-electron chi connectivity index (χ2n) is 1.87. The molecule has 0 saturated heterocycles. The Hall–Kier alpha value is -0.830. The number of aryl methyl sites for hydroxylation is 1. The number of rotatable bonds is 2. The standard InChI is InChI=1S/C7H9NOS/c1-6-3-4-7(10-6)5-8-9-2/h3-5H,1-2H3/b8-5+. The predicted molar refractivity (Wildman–Crippen MR) is 43.7 cm³/mol. The predicted octanol–water partition coefficient (Wildman–Crippen LogP) is 2.04. The number of hydrogen-bond donors (Lipinski definition) is 0. The summed E-state index contributed by atoms with van der Waals surface area (Å²) in [6, 6.07) is 4.07. The first-order valence-electron chi connectivity index (χ1n) is 2.96. The monoisotopic (exact) mass is 155 g/mol. The highest BCUT2D eigenvalue weighted by Gasteiger charge is 1.90. The van der Waals surface area contributed by atoms with Gasteiger partial charge in [0.2, 0.25) is 0 Å². The third kappa shape index (κ3) is 1.84. The minimum Gasteiger partial charge on any atom is -0.399 e. The molecule has 0 saturated carbocycles. The summed E-state index contributed by atoms with van der Waals surface area (Å²) in [6.07, 6.45) is 1.71. The van der Waals surface area contributed by atoms with Crippen molar-refractivity contribution in [3.63, 3.8) is 0 Å². The third-order valence-electron chi connectivity index (χ3n) is 1.05. The van der Waals surface area contributed by atoms with Crippen LogP contribution in [0.1, 0.15) is 9.75 Å². The molecule has 0 fully saturated rings. The zero-order valence-electron chi connectivity index (χ0n) is 6.00. The molecule has 0 aliphatic rings. The summed E-state index contributed by atoms with van der Waals surface area (Å²) in [5, 5.41) is 3.64. The summed E-state index contributed by atoms with van der Waals surface area (Å²) in [5.74, 6) is 0. The summed E-state index contributed by atoms with van der Waals surface area (Å²) in [5.41, 5.74) is 0. The van der Waals surface area contributed by atoms with E-state index in [-0.39, 0.29) is 0 Å². The average molecular weight is 155 g/mol. The van der Waals surface area contributed by atoms with Gasteiger partial charge in [0.15, 0.2) is 0 Å². The zero-order chi connectivity index (χ0) is 7.40. The molecule has 0 unspecified atom stereocenters. The van der Waals surface area contributed by atoms with Crippen molar-refractivity contribution in [1.29, 1.82) is 0 Å². The molecule has 0 amide bonds. The molecule has 0 radical (unpaired) electrons. The molecule has 0 spiro atoms. The molecule has 0 atom stereocenters. The Morgan fingerprint density at radius 3 is 2.90 bits per heavy atom. The van der Waals surface area contributed by atoms with Crippen LogP contribution in [0.25, 0.3) is 0 Å². The molecule has 0 aromatic carbocycles. The van der Waals surface area contributed by atoms with Gasteiger partial charge >= 0.3 is 0 Å². The molecule has 0 N–H and O–H groups in total. The van der Waals surface area contributed by atoms with Gasteiger partial charge in [0.1, 0.15) is 7.11 Å². The van der Waals surface area contributed by atoms with Crippen LogP contribution in [0.2, 0.25) is 0 Å². The van der Waals surface area contributed by atoms with E-state index in [1.54, 1.807) is 17.6 Å². The SMILES string of the molecule is CO/N=C/c1ccc(C)s1. The van der Waals surface area contributed by atoms with E-state index in [1.807, 2.05) is 6.07 Å². The maximum absolute atomic E-state index is 4.53. The van der Waals surface area contributed by atoms with Crippen molar-refractivity contribution in [1.82, 2.24) is 0 Å². The van der Waals surface area contributed by atoms with Crippen molar-refractivity contribution in [2.24, 2.45) is 5.16 Å². The van der Waals surface area contributed by atoms with Gasteiger partial charge in [-0.25, -0.2) is 0 Å². The minimum absolute atomic E-state index is 1.12. The Labute approximate surface area is 64.1 Å². The van der Waals surface area contributed by atoms with Gasteiger partial charge in [0.05, 0.1) is 6.21 Å². The largest absolute Gasteiger partial charge is 0.399 e. The third-order valence-corrected chi connectivity index (χ3v) is 1.98. The van der Waals surface area contributed by atoms with Gasteiger partial charge in [-0.05, 0) is 19.1 Å². The molecule has 10 heavy (non-hydrogen) atoms. The first-order valence-corrected chi connectivity index (χ1v) is 3.77. The second-order valence-corrected chi connectivity index (χ2v) is 3.18. The quantitative estimate of drug-likeness (QED) is 0.473. The Kier molecular flexibility index (Phi) is 2.45. The number of hydrogen-bond acceptors (Lipinski definition) is 3. The van der Waals surface area contributed by atoms with Gasteiger partial charge in [0.25, 0.3) is 0 Å². The van der Waals surface area contributed by atoms with Gasteiger partial charge in [-0.3, -0.25) is 0 Å². The minimum atomic E-state index is 1.12. The van der Waals surface area contributed by atoms with Crippen LogP contribution >= 0.6 is 11.3 Å². The topological polar surface area (TPSA) is 21.6 Å². The van der Waals surface area contributed by atoms with Crippen LogP contribution in [0.3, 0.4) is 0 Å². The maximum Gasteiger partial charge on any atom is 0.106 e. The second kappa shape index (κ2) is 3.37. The average Bonchev–Trinajstić information content (AvgIpc) is 2.31. The van der Waals surface area contributed by atoms with Gasteiger partial charge in [-0.2, -0.15) is 0 Å². The zero-order valence-corrected chi connectivity index (χ0v) is 6.81. The molecule has 1 aromatic heterocycles. The molecule has 1 rings (SSSR count). The fourth-order valence-corrected chi connectivity index (χ4v) is 1.37. The molecule has 0 bridgehead atoms. The molecular formula is C7H9NOS. The summed E-state index contributed by atoms with van der Waals surface area (Å²) < 4.78 is 0. The van der Waals surface area contributed by atoms with Crippen LogP contribution in [0.4, 0.5) is 0 Å². The molecule has 0 aliphatic carbocycles. The molecule has 1 aromatic rings. The summed E-state index contributed by atoms with van der Waals surface area (Å²) in [7, 11) is 1.54. The normalized spacial score (nSPS) is 10.6. The lowest BCUT2D eigenvalue weighted by atomic mass is 10.4. The maximum atomic E-state index is 4.53. The van der Waals surface area contributed by atoms with Gasteiger partial charge in [-0.1, -0.05) is 5.16 Å². The van der Waals surface area contributed by atoms with Crippen LogP contribution < -0.4 is 0 Å². The van der Waals surface area contributed by atoms with E-state index in [4.69, 9.17) is 0 Å². The smallest absolute Gasteiger partial charge is 0.106 e. The van der Waals surface area contributed by atoms with Gasteiger partial charge in [0, 0.05) is 9.75 Å². The summed E-state index contributed by atoms with van der Waals surface area (Å²) in [6.45, 7) is 2.06. The fraction of sp³-hybridized carbons (Fsp3) is 0.286. The molecule has 1 heterocycles. The van der Waals surface area contributed by atoms with Gasteiger partial charge < -0.3 is 4.84 Å². The number of nitrogens with zero attached hydrogens (tertiary/aromatic N) is 1. The summed E-state index contributed by atoms with van der Waals surface area (Å²) in [4.78, 5) is 6.94. The lowest BCUT2D eigenvalue weighted by Gasteiger charge is -1.82. The van der Waals surface area contributed by atoms with E-state index in [2.05, 4.69) is 23.0 Å². The molecule has 54 valence electrons. The van der Waals surface area contributed by atoms with Crippen molar-refractivity contribution < 1.29 is 4.84 Å². The van der Waals surface area contributed by atoms with Crippen LogP contribution in [0.5, 0.6) is 0 Å². The Bertz CT molecular complexity index is 229. The Balaban J connectivity index is 2.67. The van der Waals surface area contributed by atoms with Gasteiger partial charge in [-0.15, -0.1) is 11.3 Å². The van der Waals surface area contributed by atoms with E-state index in [0.717, 1.165) is 4.88 Å². The van der Waals surface area contributed by atoms with Crippen LogP contribution in [-0.4, -0.2) is 13.3 Å². The Morgan fingerprint density at radius 1 is 1.60 bits per heavy atom. The highest BCUT2D eigenvalue weighted by Crippen LogP contribution is 2.12. The van der Waals surface area contributed by atoms with E-state index < -0.39 is 0 Å². The van der Waals surface area contributed by atoms with Crippen LogP contribution in [-0.2, 0) is 4.84 Å². The fourth-order valence-electron chi connectivity index (χ4n) is 0.627. The van der Waals surface area contributed by atoms with Crippen LogP contribution in [0.15, 0.2) is 17.3 Å². The Morgan fingerprint density at radius 2 is 2.40 bits per heavy atom. The number of thiophene rings is 1. The number of oxime groups is 1. The van der Waals surface area contributed by atoms with Crippen molar-refractivity contribution in [2.75, 3.05) is 7.11 Å².